The first-order valence-electron chi connectivity index (χ1n) is 5.92. The van der Waals surface area contributed by atoms with Crippen molar-refractivity contribution in [2.45, 2.75) is 13.5 Å². The molecule has 0 bridgehead atoms. The van der Waals surface area contributed by atoms with Crippen molar-refractivity contribution in [2.75, 3.05) is 11.9 Å². The molecule has 4 heteroatoms. The molecule has 0 aliphatic heterocycles. The predicted molar refractivity (Wildman–Crippen MR) is 72.2 cm³/mol. The van der Waals surface area contributed by atoms with Crippen LogP contribution in [0, 0.1) is 24.1 Å². The molecule has 0 aliphatic carbocycles. The van der Waals surface area contributed by atoms with E-state index < -0.39 is 0 Å². The van der Waals surface area contributed by atoms with Crippen LogP contribution in [0.4, 0.5) is 10.2 Å². The highest BCUT2D eigenvalue weighted by Gasteiger charge is 2.05. The minimum absolute atomic E-state index is 0.196. The fourth-order valence-electron chi connectivity index (χ4n) is 1.77. The summed E-state index contributed by atoms with van der Waals surface area (Å²) in [5, 5.41) is 8.71. The summed E-state index contributed by atoms with van der Waals surface area (Å²) < 4.78 is 13.5. The number of aryl methyl sites for hydroxylation is 1. The number of hydrogen-bond acceptors (Lipinski definition) is 3. The van der Waals surface area contributed by atoms with Crippen molar-refractivity contribution in [1.29, 1.82) is 5.26 Å². The van der Waals surface area contributed by atoms with Gasteiger partial charge in [0, 0.05) is 19.8 Å². The fraction of sp³-hybridized carbons (Fsp3) is 0.200. The summed E-state index contributed by atoms with van der Waals surface area (Å²) in [4.78, 5) is 6.10. The van der Waals surface area contributed by atoms with Crippen LogP contribution in [0.15, 0.2) is 36.5 Å². The monoisotopic (exact) mass is 255 g/mol. The third kappa shape index (κ3) is 3.08. The van der Waals surface area contributed by atoms with Gasteiger partial charge in [0.15, 0.2) is 0 Å². The number of nitrogens with zero attached hydrogens (tertiary/aromatic N) is 3. The van der Waals surface area contributed by atoms with Crippen molar-refractivity contribution < 1.29 is 4.39 Å². The number of pyridine rings is 1. The lowest BCUT2D eigenvalue weighted by molar-refractivity contribution is 0.615. The second-order valence-corrected chi connectivity index (χ2v) is 4.46. The minimum Gasteiger partial charge on any atom is -0.355 e. The summed E-state index contributed by atoms with van der Waals surface area (Å²) in [6, 6.07) is 10.7. The molecule has 19 heavy (non-hydrogen) atoms. The third-order valence-corrected chi connectivity index (χ3v) is 2.92. The first-order chi connectivity index (χ1) is 9.10. The molecule has 0 unspecified atom stereocenters. The normalized spacial score (nSPS) is 10.0. The molecule has 0 atom stereocenters. The molecule has 3 nitrogen and oxygen atoms in total. The van der Waals surface area contributed by atoms with E-state index in [4.69, 9.17) is 5.26 Å². The predicted octanol–water partition coefficient (Wildman–Crippen LogP) is 3.04. The van der Waals surface area contributed by atoms with Crippen molar-refractivity contribution >= 4 is 5.82 Å². The Bertz CT molecular complexity index is 614. The Morgan fingerprint density at radius 1 is 1.32 bits per heavy atom. The number of halogens is 1. The third-order valence-electron chi connectivity index (χ3n) is 2.92. The first kappa shape index (κ1) is 13.0. The van der Waals surface area contributed by atoms with Gasteiger partial charge >= 0.3 is 0 Å². The molecule has 1 aromatic carbocycles. The van der Waals surface area contributed by atoms with Crippen molar-refractivity contribution in [3.63, 3.8) is 0 Å². The molecular formula is C15H14FN3. The Balaban J connectivity index is 2.13. The van der Waals surface area contributed by atoms with Crippen LogP contribution in [-0.2, 0) is 6.54 Å². The van der Waals surface area contributed by atoms with E-state index in [2.05, 4.69) is 4.98 Å². The average Bonchev–Trinajstić information content (AvgIpc) is 2.43. The molecule has 1 heterocycles. The zero-order valence-electron chi connectivity index (χ0n) is 10.9. The summed E-state index contributed by atoms with van der Waals surface area (Å²) in [6.07, 6.45) is 1.53. The highest BCUT2D eigenvalue weighted by atomic mass is 19.1. The lowest BCUT2D eigenvalue weighted by atomic mass is 10.1. The summed E-state index contributed by atoms with van der Waals surface area (Å²) in [5.74, 6) is 0.554. The van der Waals surface area contributed by atoms with Gasteiger partial charge in [0.05, 0.1) is 5.56 Å². The van der Waals surface area contributed by atoms with Gasteiger partial charge in [-0.15, -0.1) is 0 Å². The van der Waals surface area contributed by atoms with Crippen LogP contribution in [0.1, 0.15) is 16.7 Å². The molecule has 0 spiro atoms. The van der Waals surface area contributed by atoms with Gasteiger partial charge in [0.25, 0.3) is 0 Å². The smallest absolute Gasteiger partial charge is 0.128 e. The summed E-state index contributed by atoms with van der Waals surface area (Å²) in [7, 11) is 1.88. The van der Waals surface area contributed by atoms with Gasteiger partial charge in [0.2, 0.25) is 0 Å². The number of nitriles is 1. The standard InChI is InChI=1S/C15H14FN3/c1-11-3-4-12(7-14(11)16)10-19(2)15-6-5-13(8-17)9-18-15/h3-7,9H,10H2,1-2H3. The highest BCUT2D eigenvalue weighted by molar-refractivity contribution is 5.42. The van der Waals surface area contributed by atoms with Crippen LogP contribution >= 0.6 is 0 Å². The second kappa shape index (κ2) is 5.49. The molecular weight excluding hydrogens is 241 g/mol. The molecule has 1 aromatic heterocycles. The fourth-order valence-corrected chi connectivity index (χ4v) is 1.77. The van der Waals surface area contributed by atoms with Gasteiger partial charge < -0.3 is 4.90 Å². The summed E-state index contributed by atoms with van der Waals surface area (Å²) in [5.41, 5.74) is 2.05. The van der Waals surface area contributed by atoms with Gasteiger partial charge in [-0.2, -0.15) is 5.26 Å². The van der Waals surface area contributed by atoms with Gasteiger partial charge in [0.1, 0.15) is 17.7 Å². The lowest BCUT2D eigenvalue weighted by Gasteiger charge is -2.18. The van der Waals surface area contributed by atoms with E-state index >= 15 is 0 Å². The largest absolute Gasteiger partial charge is 0.355 e. The Kier molecular flexibility index (Phi) is 3.76. The van der Waals surface area contributed by atoms with Crippen LogP contribution in [0.2, 0.25) is 0 Å². The molecule has 0 saturated heterocycles. The Morgan fingerprint density at radius 2 is 2.11 bits per heavy atom. The maximum atomic E-state index is 13.5. The topological polar surface area (TPSA) is 39.9 Å². The zero-order valence-corrected chi connectivity index (χ0v) is 10.9. The van der Waals surface area contributed by atoms with E-state index in [0.29, 0.717) is 17.7 Å². The second-order valence-electron chi connectivity index (χ2n) is 4.46. The van der Waals surface area contributed by atoms with Crippen LogP contribution in [0.3, 0.4) is 0 Å². The van der Waals surface area contributed by atoms with E-state index in [1.807, 2.05) is 24.1 Å². The van der Waals surface area contributed by atoms with Crippen molar-refractivity contribution in [1.82, 2.24) is 4.98 Å². The van der Waals surface area contributed by atoms with Crippen LogP contribution < -0.4 is 4.90 Å². The quantitative estimate of drug-likeness (QED) is 0.846. The molecule has 0 fully saturated rings. The summed E-state index contributed by atoms with van der Waals surface area (Å²) in [6.45, 7) is 2.31. The maximum Gasteiger partial charge on any atom is 0.128 e. The van der Waals surface area contributed by atoms with Gasteiger partial charge in [-0.1, -0.05) is 12.1 Å². The number of rotatable bonds is 3. The maximum absolute atomic E-state index is 13.5. The Hall–Kier alpha value is -2.41. The van der Waals surface area contributed by atoms with Gasteiger partial charge in [-0.25, -0.2) is 9.37 Å². The highest BCUT2D eigenvalue weighted by Crippen LogP contribution is 2.15. The van der Waals surface area contributed by atoms with Crippen LogP contribution in [0.5, 0.6) is 0 Å². The molecule has 2 aromatic rings. The number of benzene rings is 1. The number of aromatic nitrogens is 1. The molecule has 2 rings (SSSR count). The van der Waals surface area contributed by atoms with Crippen LogP contribution in [0.25, 0.3) is 0 Å². The van der Waals surface area contributed by atoms with Gasteiger partial charge in [-0.05, 0) is 36.2 Å². The number of anilines is 1. The minimum atomic E-state index is -0.196. The molecule has 0 saturated carbocycles. The van der Waals surface area contributed by atoms with Crippen molar-refractivity contribution in [3.8, 4) is 6.07 Å². The molecule has 0 radical (unpaired) electrons. The van der Waals surface area contributed by atoms with E-state index in [9.17, 15) is 4.39 Å². The van der Waals surface area contributed by atoms with E-state index in [1.165, 1.54) is 12.3 Å². The van der Waals surface area contributed by atoms with E-state index in [-0.39, 0.29) is 5.82 Å². The van der Waals surface area contributed by atoms with E-state index in [0.717, 1.165) is 11.4 Å². The van der Waals surface area contributed by atoms with Crippen molar-refractivity contribution in [2.24, 2.45) is 0 Å². The molecule has 0 N–H and O–H groups in total. The summed E-state index contributed by atoms with van der Waals surface area (Å²) >= 11 is 0. The average molecular weight is 255 g/mol. The van der Waals surface area contributed by atoms with Crippen LogP contribution in [-0.4, -0.2) is 12.0 Å². The first-order valence-corrected chi connectivity index (χ1v) is 5.92. The van der Waals surface area contributed by atoms with Gasteiger partial charge in [-0.3, -0.25) is 0 Å². The molecule has 0 aliphatic rings. The Morgan fingerprint density at radius 3 is 2.68 bits per heavy atom. The van der Waals surface area contributed by atoms with Crippen molar-refractivity contribution in [3.05, 3.63) is 59.0 Å². The SMILES string of the molecule is Cc1ccc(CN(C)c2ccc(C#N)cn2)cc1F. The molecule has 96 valence electrons. The lowest BCUT2D eigenvalue weighted by Crippen LogP contribution is -2.17. The van der Waals surface area contributed by atoms with E-state index in [1.54, 1.807) is 25.1 Å². The Labute approximate surface area is 111 Å². The zero-order chi connectivity index (χ0) is 13.8. The number of hydrogen-bond donors (Lipinski definition) is 0. The molecule has 0 amide bonds.